The molecule has 10 heteroatoms. The van der Waals surface area contributed by atoms with Crippen LogP contribution in [0.3, 0.4) is 0 Å². The summed E-state index contributed by atoms with van der Waals surface area (Å²) < 4.78 is 0. The van der Waals surface area contributed by atoms with Crippen LogP contribution in [0.2, 0.25) is 0 Å². The zero-order chi connectivity index (χ0) is 29.8. The van der Waals surface area contributed by atoms with Crippen molar-refractivity contribution in [3.63, 3.8) is 0 Å². The van der Waals surface area contributed by atoms with Crippen LogP contribution in [-0.2, 0) is 22.6 Å². The number of Topliss-reactive ketones (excluding diaryl/α,β-unsaturated/α-hetero) is 2. The minimum absolute atomic E-state index is 0.0484. The maximum Gasteiger partial charge on any atom is 0.255 e. The van der Waals surface area contributed by atoms with Crippen molar-refractivity contribution in [2.24, 2.45) is 29.4 Å². The smallest absolute Gasteiger partial charge is 0.255 e. The Morgan fingerprint density at radius 3 is 2.20 bits per heavy atom. The first kappa shape index (κ1) is 29.8. The van der Waals surface area contributed by atoms with Crippen LogP contribution in [0.25, 0.3) is 0 Å². The highest BCUT2D eigenvalue weighted by Gasteiger charge is 2.63. The first-order valence-electron chi connectivity index (χ1n) is 13.8. The standard InChI is InChI=1S/C30H41N3O7/c1-14(2)11-33(12-15(3)4)13-16-7-8-20(34)22-18(16)9-17-10-19-24(32(5)6)26(36)23(29(31)39)28(38)30(19,40)27(37)21(17)25(22)35/h7-8,14-15,17,19,24,34,36-37,40H,9-13H2,1-6H3,(H2,31,39)/t17-,19+,24?,30-/m0/s1. The van der Waals surface area contributed by atoms with E-state index in [0.29, 0.717) is 23.9 Å². The van der Waals surface area contributed by atoms with Crippen molar-refractivity contribution in [3.05, 3.63) is 51.5 Å². The number of hydrogen-bond acceptors (Lipinski definition) is 9. The number of hydrogen-bond donors (Lipinski definition) is 5. The Morgan fingerprint density at radius 2 is 1.68 bits per heavy atom. The topological polar surface area (TPSA) is 165 Å². The van der Waals surface area contributed by atoms with Gasteiger partial charge < -0.3 is 26.2 Å². The van der Waals surface area contributed by atoms with E-state index in [0.717, 1.165) is 18.7 Å². The second-order valence-corrected chi connectivity index (χ2v) is 12.5. The highest BCUT2D eigenvalue weighted by Crippen LogP contribution is 2.52. The molecule has 3 aliphatic rings. The fourth-order valence-electron chi connectivity index (χ4n) is 6.94. The van der Waals surface area contributed by atoms with E-state index in [-0.39, 0.29) is 29.7 Å². The number of phenols is 1. The average Bonchev–Trinajstić information content (AvgIpc) is 2.81. The molecule has 1 aromatic carbocycles. The van der Waals surface area contributed by atoms with Crippen molar-refractivity contribution in [2.45, 2.75) is 58.7 Å². The molecule has 4 rings (SSSR count). The zero-order valence-corrected chi connectivity index (χ0v) is 24.1. The number of phenolic OH excluding ortho intramolecular Hbond substituents is 1. The number of aliphatic hydroxyl groups is 3. The van der Waals surface area contributed by atoms with E-state index in [1.807, 2.05) is 6.07 Å². The largest absolute Gasteiger partial charge is 0.510 e. The molecule has 0 fully saturated rings. The molecule has 1 unspecified atom stereocenters. The van der Waals surface area contributed by atoms with Crippen molar-refractivity contribution < 1.29 is 34.8 Å². The minimum Gasteiger partial charge on any atom is -0.510 e. The van der Waals surface area contributed by atoms with Crippen LogP contribution in [0.1, 0.15) is 55.6 Å². The molecule has 0 bridgehead atoms. The molecule has 0 aromatic heterocycles. The molecular formula is C30H41N3O7. The number of fused-ring (bicyclic) bond motifs is 3. The van der Waals surface area contributed by atoms with Crippen LogP contribution in [0, 0.1) is 23.7 Å². The average molecular weight is 556 g/mol. The van der Waals surface area contributed by atoms with Crippen molar-refractivity contribution >= 4 is 17.5 Å². The summed E-state index contributed by atoms with van der Waals surface area (Å²) in [5.41, 5.74) is 3.41. The molecule has 4 atom stereocenters. The number of primary amides is 1. The van der Waals surface area contributed by atoms with Gasteiger partial charge in [-0.1, -0.05) is 33.8 Å². The molecular weight excluding hydrogens is 514 g/mol. The molecule has 1 aromatic rings. The lowest BCUT2D eigenvalue weighted by Gasteiger charge is -2.50. The van der Waals surface area contributed by atoms with Crippen LogP contribution in [0.15, 0.2) is 34.8 Å². The molecule has 1 amide bonds. The first-order chi connectivity index (χ1) is 18.6. The Kier molecular flexibility index (Phi) is 7.92. The van der Waals surface area contributed by atoms with E-state index >= 15 is 0 Å². The van der Waals surface area contributed by atoms with E-state index in [2.05, 4.69) is 32.6 Å². The predicted molar refractivity (Wildman–Crippen MR) is 149 cm³/mol. The van der Waals surface area contributed by atoms with Gasteiger partial charge in [0.05, 0.1) is 11.6 Å². The summed E-state index contributed by atoms with van der Waals surface area (Å²) in [6.45, 7) is 10.9. The summed E-state index contributed by atoms with van der Waals surface area (Å²) >= 11 is 0. The second-order valence-electron chi connectivity index (χ2n) is 12.5. The van der Waals surface area contributed by atoms with Crippen LogP contribution in [0.4, 0.5) is 0 Å². The van der Waals surface area contributed by atoms with Crippen molar-refractivity contribution in [2.75, 3.05) is 27.2 Å². The van der Waals surface area contributed by atoms with Gasteiger partial charge in [-0.3, -0.25) is 24.2 Å². The maximum atomic E-state index is 13.9. The Labute approximate surface area is 234 Å². The minimum atomic E-state index is -2.64. The Morgan fingerprint density at radius 1 is 1.07 bits per heavy atom. The number of ketones is 2. The third kappa shape index (κ3) is 4.71. The normalized spacial score (nSPS) is 26.6. The lowest BCUT2D eigenvalue weighted by Crippen LogP contribution is -2.63. The third-order valence-corrected chi connectivity index (χ3v) is 8.34. The molecule has 6 N–H and O–H groups in total. The predicted octanol–water partition coefficient (Wildman–Crippen LogP) is 2.23. The number of benzene rings is 1. The van der Waals surface area contributed by atoms with E-state index < -0.39 is 58.0 Å². The Bertz CT molecular complexity index is 1300. The molecule has 0 saturated heterocycles. The number of amides is 1. The molecule has 40 heavy (non-hydrogen) atoms. The van der Waals surface area contributed by atoms with Gasteiger partial charge in [0.2, 0.25) is 5.78 Å². The highest BCUT2D eigenvalue weighted by molar-refractivity contribution is 6.24. The Balaban J connectivity index is 1.85. The van der Waals surface area contributed by atoms with Crippen LogP contribution < -0.4 is 5.73 Å². The summed E-state index contributed by atoms with van der Waals surface area (Å²) in [7, 11) is 3.23. The van der Waals surface area contributed by atoms with Crippen LogP contribution in [0.5, 0.6) is 5.75 Å². The lowest BCUT2D eigenvalue weighted by atomic mass is 9.58. The van der Waals surface area contributed by atoms with Gasteiger partial charge in [0, 0.05) is 31.1 Å². The molecule has 3 aliphatic carbocycles. The van der Waals surface area contributed by atoms with Crippen molar-refractivity contribution in [1.29, 1.82) is 0 Å². The van der Waals surface area contributed by atoms with Gasteiger partial charge in [0.15, 0.2) is 11.4 Å². The fraction of sp³-hybridized carbons (Fsp3) is 0.567. The molecule has 0 radical (unpaired) electrons. The van der Waals surface area contributed by atoms with E-state index in [4.69, 9.17) is 5.73 Å². The van der Waals surface area contributed by atoms with Gasteiger partial charge in [-0.05, 0) is 61.9 Å². The number of likely N-dealkylation sites (N-methyl/N-ethyl adjacent to an activating group) is 1. The summed E-state index contributed by atoms with van der Waals surface area (Å²) in [6.07, 6.45) is 0.359. The van der Waals surface area contributed by atoms with E-state index in [1.165, 1.54) is 6.07 Å². The summed E-state index contributed by atoms with van der Waals surface area (Å²) in [5.74, 6) is -5.59. The SMILES string of the molecule is CC(C)CN(Cc1ccc(O)c2c1C[C@H]1C[C@@H]3C(N(C)C)C(O)=C(C(N)=O)C(=O)[C@@]3(O)C(O)=C1C2=O)CC(C)C. The van der Waals surface area contributed by atoms with E-state index in [1.54, 1.807) is 19.0 Å². The van der Waals surface area contributed by atoms with Crippen molar-refractivity contribution in [1.82, 2.24) is 9.80 Å². The zero-order valence-electron chi connectivity index (χ0n) is 24.1. The number of carbonyl (C=O) groups excluding carboxylic acids is 3. The molecule has 218 valence electrons. The quantitative estimate of drug-likeness (QED) is 0.303. The third-order valence-electron chi connectivity index (χ3n) is 8.34. The summed E-state index contributed by atoms with van der Waals surface area (Å²) in [5, 5.41) is 44.9. The van der Waals surface area contributed by atoms with Crippen LogP contribution in [-0.4, -0.2) is 86.5 Å². The van der Waals surface area contributed by atoms with Gasteiger partial charge in [-0.25, -0.2) is 0 Å². The molecule has 10 nitrogen and oxygen atoms in total. The van der Waals surface area contributed by atoms with Gasteiger partial charge >= 0.3 is 0 Å². The van der Waals surface area contributed by atoms with Gasteiger partial charge in [0.1, 0.15) is 22.8 Å². The first-order valence-corrected chi connectivity index (χ1v) is 13.8. The number of carbonyl (C=O) groups is 3. The molecule has 0 heterocycles. The fourth-order valence-corrected chi connectivity index (χ4v) is 6.94. The summed E-state index contributed by atoms with van der Waals surface area (Å²) in [6, 6.07) is 2.28. The van der Waals surface area contributed by atoms with Gasteiger partial charge in [-0.15, -0.1) is 0 Å². The lowest BCUT2D eigenvalue weighted by molar-refractivity contribution is -0.148. The number of nitrogens with two attached hydrogens (primary N) is 1. The highest BCUT2D eigenvalue weighted by atomic mass is 16.3. The van der Waals surface area contributed by atoms with Crippen LogP contribution >= 0.6 is 0 Å². The van der Waals surface area contributed by atoms with E-state index in [9.17, 15) is 34.8 Å². The second kappa shape index (κ2) is 10.6. The number of rotatable bonds is 8. The van der Waals surface area contributed by atoms with Gasteiger partial charge in [-0.2, -0.15) is 0 Å². The Hall–Kier alpha value is -3.21. The number of allylic oxidation sites excluding steroid dienone is 1. The van der Waals surface area contributed by atoms with Gasteiger partial charge in [0.25, 0.3) is 5.91 Å². The number of nitrogens with zero attached hydrogens (tertiary/aromatic N) is 2. The maximum absolute atomic E-state index is 13.9. The molecule has 0 saturated carbocycles. The number of aliphatic hydroxyl groups excluding tert-OH is 2. The molecule has 0 aliphatic heterocycles. The monoisotopic (exact) mass is 555 g/mol. The number of aromatic hydroxyl groups is 1. The summed E-state index contributed by atoms with van der Waals surface area (Å²) in [4.78, 5) is 43.3. The van der Waals surface area contributed by atoms with Crippen molar-refractivity contribution in [3.8, 4) is 5.75 Å². The molecule has 0 spiro atoms.